The first kappa shape index (κ1) is 22.7. The molecule has 37 heavy (non-hydrogen) atoms. The third-order valence-corrected chi connectivity index (χ3v) is 6.00. The molecule has 0 saturated carbocycles. The van der Waals surface area contributed by atoms with Crippen molar-refractivity contribution in [3.8, 4) is 28.1 Å². The molecule has 6 rings (SSSR count). The number of pyridine rings is 1. The molecule has 3 aromatic carbocycles. The summed E-state index contributed by atoms with van der Waals surface area (Å²) in [6.07, 6.45) is -3.31. The number of hydrogen-bond acceptors (Lipinski definition) is 5. The average Bonchev–Trinajstić information content (AvgIpc) is 3.46. The van der Waals surface area contributed by atoms with Gasteiger partial charge in [0.05, 0.1) is 16.8 Å². The monoisotopic (exact) mass is 507 g/mol. The molecule has 0 radical (unpaired) electrons. The van der Waals surface area contributed by atoms with E-state index in [1.165, 1.54) is 30.3 Å². The number of hydrogen-bond donors (Lipinski definition) is 1. The van der Waals surface area contributed by atoms with Crippen molar-refractivity contribution in [2.24, 2.45) is 0 Å². The van der Waals surface area contributed by atoms with Crippen molar-refractivity contribution < 1.29 is 26.5 Å². The zero-order valence-electron chi connectivity index (χ0n) is 18.6. The van der Waals surface area contributed by atoms with Crippen LogP contribution < -0.4 is 5.73 Å². The molecule has 0 saturated heterocycles. The largest absolute Gasteiger partial charge is 0.435 e. The number of anilines is 1. The first-order valence-electron chi connectivity index (χ1n) is 10.9. The Kier molecular flexibility index (Phi) is 4.97. The van der Waals surface area contributed by atoms with Crippen molar-refractivity contribution in [1.82, 2.24) is 19.9 Å². The standard InChI is InChI=1S/C26H14F5N5O/c27-19-11-13(20-3-1-2-10-33-20)4-6-15(19)16-7-8-17-23(22(16)28)36(34-24(17)26(29,30)31)14-5-9-21-18(12-14)25(32)35-37-21/h1-12H,(H2,32,35). The summed E-state index contributed by atoms with van der Waals surface area (Å²) in [6, 6.07) is 15.7. The maximum Gasteiger partial charge on any atom is 0.435 e. The maximum absolute atomic E-state index is 16.0. The molecule has 0 unspecified atom stereocenters. The number of fused-ring (bicyclic) bond motifs is 2. The van der Waals surface area contributed by atoms with Crippen LogP contribution in [-0.2, 0) is 6.18 Å². The predicted octanol–water partition coefficient (Wildman–Crippen LogP) is 6.77. The highest BCUT2D eigenvalue weighted by Crippen LogP contribution is 2.40. The number of nitrogens with zero attached hydrogens (tertiary/aromatic N) is 4. The van der Waals surface area contributed by atoms with Gasteiger partial charge in [-0.1, -0.05) is 29.4 Å². The molecule has 3 aromatic heterocycles. The Labute approximate surface area is 204 Å². The smallest absolute Gasteiger partial charge is 0.380 e. The summed E-state index contributed by atoms with van der Waals surface area (Å²) in [4.78, 5) is 4.17. The SMILES string of the molecule is Nc1noc2ccc(-n3nc(C(F)(F)F)c4ccc(-c5ccc(-c6ccccn6)cc5F)c(F)c43)cc12. The summed E-state index contributed by atoms with van der Waals surface area (Å²) in [7, 11) is 0. The van der Waals surface area contributed by atoms with Crippen LogP contribution in [0.25, 0.3) is 49.9 Å². The molecule has 0 aliphatic heterocycles. The average molecular weight is 507 g/mol. The van der Waals surface area contributed by atoms with Gasteiger partial charge in [-0.2, -0.15) is 18.3 Å². The summed E-state index contributed by atoms with van der Waals surface area (Å²) in [5.74, 6) is -1.81. The summed E-state index contributed by atoms with van der Waals surface area (Å²) < 4.78 is 78.5. The van der Waals surface area contributed by atoms with Crippen LogP contribution in [0.2, 0.25) is 0 Å². The van der Waals surface area contributed by atoms with E-state index in [4.69, 9.17) is 10.3 Å². The minimum absolute atomic E-state index is 0.0144. The van der Waals surface area contributed by atoms with Crippen molar-refractivity contribution in [3.05, 3.63) is 90.3 Å². The first-order chi connectivity index (χ1) is 17.7. The van der Waals surface area contributed by atoms with E-state index in [1.807, 2.05) is 0 Å². The van der Waals surface area contributed by atoms with Gasteiger partial charge in [-0.3, -0.25) is 4.98 Å². The molecule has 0 spiro atoms. The fourth-order valence-electron chi connectivity index (χ4n) is 4.27. The molecule has 11 heteroatoms. The van der Waals surface area contributed by atoms with Crippen LogP contribution in [0.4, 0.5) is 27.8 Å². The van der Waals surface area contributed by atoms with Crippen LogP contribution >= 0.6 is 0 Å². The molecule has 0 aliphatic rings. The van der Waals surface area contributed by atoms with Gasteiger partial charge in [0, 0.05) is 28.3 Å². The molecule has 0 fully saturated rings. The van der Waals surface area contributed by atoms with Crippen molar-refractivity contribution in [1.29, 1.82) is 0 Å². The summed E-state index contributed by atoms with van der Waals surface area (Å²) in [5, 5.41) is 7.15. The van der Waals surface area contributed by atoms with E-state index in [2.05, 4.69) is 15.2 Å². The molecule has 3 heterocycles. The van der Waals surface area contributed by atoms with Crippen molar-refractivity contribution >= 4 is 27.7 Å². The van der Waals surface area contributed by atoms with E-state index in [1.54, 1.807) is 30.5 Å². The van der Waals surface area contributed by atoms with Gasteiger partial charge in [-0.05, 0) is 42.5 Å². The van der Waals surface area contributed by atoms with Gasteiger partial charge < -0.3 is 10.3 Å². The first-order valence-corrected chi connectivity index (χ1v) is 10.9. The Morgan fingerprint density at radius 3 is 2.41 bits per heavy atom. The Hall–Kier alpha value is -4.80. The predicted molar refractivity (Wildman–Crippen MR) is 127 cm³/mol. The number of benzene rings is 3. The number of nitrogens with two attached hydrogens (primary N) is 1. The van der Waals surface area contributed by atoms with E-state index in [9.17, 15) is 13.2 Å². The Balaban J connectivity index is 1.57. The summed E-state index contributed by atoms with van der Waals surface area (Å²) >= 11 is 0. The van der Waals surface area contributed by atoms with Gasteiger partial charge in [0.2, 0.25) is 0 Å². The van der Waals surface area contributed by atoms with Crippen LogP contribution in [0.3, 0.4) is 0 Å². The van der Waals surface area contributed by atoms with Crippen molar-refractivity contribution in [2.45, 2.75) is 6.18 Å². The van der Waals surface area contributed by atoms with E-state index in [0.717, 1.165) is 16.8 Å². The molecule has 184 valence electrons. The van der Waals surface area contributed by atoms with Crippen LogP contribution in [0.5, 0.6) is 0 Å². The lowest BCUT2D eigenvalue weighted by Gasteiger charge is -2.10. The third-order valence-electron chi connectivity index (χ3n) is 6.00. The lowest BCUT2D eigenvalue weighted by atomic mass is 9.99. The van der Waals surface area contributed by atoms with Gasteiger partial charge in [0.25, 0.3) is 0 Å². The van der Waals surface area contributed by atoms with E-state index < -0.39 is 34.4 Å². The number of alkyl halides is 3. The lowest BCUT2D eigenvalue weighted by Crippen LogP contribution is -2.07. The van der Waals surface area contributed by atoms with Gasteiger partial charge in [0.15, 0.2) is 22.9 Å². The number of aromatic nitrogens is 4. The van der Waals surface area contributed by atoms with Crippen LogP contribution in [0, 0.1) is 11.6 Å². The van der Waals surface area contributed by atoms with E-state index in [0.29, 0.717) is 22.2 Å². The van der Waals surface area contributed by atoms with E-state index in [-0.39, 0.29) is 22.6 Å². The Morgan fingerprint density at radius 2 is 1.68 bits per heavy atom. The molecule has 6 aromatic rings. The second-order valence-corrected chi connectivity index (χ2v) is 8.24. The van der Waals surface area contributed by atoms with Gasteiger partial charge in [0.1, 0.15) is 11.3 Å². The fraction of sp³-hybridized carbons (Fsp3) is 0.0385. The van der Waals surface area contributed by atoms with Gasteiger partial charge in [-0.15, -0.1) is 0 Å². The van der Waals surface area contributed by atoms with Crippen molar-refractivity contribution in [2.75, 3.05) is 5.73 Å². The zero-order valence-corrected chi connectivity index (χ0v) is 18.6. The molecule has 0 atom stereocenters. The Morgan fingerprint density at radius 1 is 0.865 bits per heavy atom. The van der Waals surface area contributed by atoms with Crippen LogP contribution in [0.1, 0.15) is 5.69 Å². The van der Waals surface area contributed by atoms with Crippen LogP contribution in [-0.4, -0.2) is 19.9 Å². The molecular weight excluding hydrogens is 493 g/mol. The number of halogens is 5. The Bertz CT molecular complexity index is 1810. The van der Waals surface area contributed by atoms with Crippen molar-refractivity contribution in [3.63, 3.8) is 0 Å². The highest BCUT2D eigenvalue weighted by molar-refractivity contribution is 5.92. The highest BCUT2D eigenvalue weighted by atomic mass is 19.4. The quantitative estimate of drug-likeness (QED) is 0.267. The normalized spacial score (nSPS) is 12.0. The third kappa shape index (κ3) is 3.66. The van der Waals surface area contributed by atoms with Crippen LogP contribution in [0.15, 0.2) is 77.4 Å². The molecule has 0 amide bonds. The van der Waals surface area contributed by atoms with Gasteiger partial charge in [-0.25, -0.2) is 13.5 Å². The molecular formula is C26H14F5N5O. The second kappa shape index (κ2) is 8.12. The molecule has 0 bridgehead atoms. The summed E-state index contributed by atoms with van der Waals surface area (Å²) in [6.45, 7) is 0. The fourth-order valence-corrected chi connectivity index (χ4v) is 4.27. The van der Waals surface area contributed by atoms with E-state index >= 15 is 8.78 Å². The minimum atomic E-state index is -4.87. The lowest BCUT2D eigenvalue weighted by molar-refractivity contribution is -0.140. The molecule has 6 nitrogen and oxygen atoms in total. The minimum Gasteiger partial charge on any atom is -0.380 e. The topological polar surface area (TPSA) is 82.8 Å². The highest BCUT2D eigenvalue weighted by Gasteiger charge is 2.38. The maximum atomic E-state index is 16.0. The number of nitrogen functional groups attached to an aromatic ring is 1. The summed E-state index contributed by atoms with van der Waals surface area (Å²) in [5.41, 5.74) is 5.04. The van der Waals surface area contributed by atoms with Gasteiger partial charge >= 0.3 is 6.18 Å². The number of rotatable bonds is 3. The molecule has 0 aliphatic carbocycles. The zero-order chi connectivity index (χ0) is 25.9. The molecule has 2 N–H and O–H groups in total. The second-order valence-electron chi connectivity index (χ2n) is 8.24.